The van der Waals surface area contributed by atoms with Crippen LogP contribution in [-0.2, 0) is 0 Å². The molecule has 4 heteroatoms. The minimum atomic E-state index is 0.706. The molecule has 0 amide bonds. The van der Waals surface area contributed by atoms with Crippen molar-refractivity contribution in [1.29, 1.82) is 0 Å². The molecule has 0 N–H and O–H groups in total. The van der Waals surface area contributed by atoms with Crippen LogP contribution in [0.5, 0.6) is 0 Å². The van der Waals surface area contributed by atoms with Crippen molar-refractivity contribution >= 4 is 64.1 Å². The van der Waals surface area contributed by atoms with E-state index >= 15 is 0 Å². The summed E-state index contributed by atoms with van der Waals surface area (Å²) in [6.07, 6.45) is 0. The number of nitrogens with zero attached hydrogens (tertiary/aromatic N) is 3. The topological polar surface area (TPSA) is 30.7 Å². The average molecular weight is 706 g/mol. The second-order valence-electron chi connectivity index (χ2n) is 13.7. The molecule has 0 saturated carbocycles. The van der Waals surface area contributed by atoms with Gasteiger partial charge in [-0.25, -0.2) is 9.97 Å². The van der Waals surface area contributed by atoms with E-state index in [9.17, 15) is 0 Å². The number of fused-ring (bicyclic) bond motifs is 9. The largest absolute Gasteiger partial charge is 0.309 e. The van der Waals surface area contributed by atoms with Gasteiger partial charge in [0.25, 0.3) is 0 Å². The summed E-state index contributed by atoms with van der Waals surface area (Å²) in [7, 11) is 0. The van der Waals surface area contributed by atoms with Crippen LogP contribution in [0.4, 0.5) is 0 Å². The predicted molar refractivity (Wildman–Crippen MR) is 229 cm³/mol. The van der Waals surface area contributed by atoms with Crippen molar-refractivity contribution < 1.29 is 0 Å². The van der Waals surface area contributed by atoms with Crippen molar-refractivity contribution in [3.05, 3.63) is 188 Å². The highest BCUT2D eigenvalue weighted by Gasteiger charge is 2.23. The summed E-state index contributed by atoms with van der Waals surface area (Å²) in [5.74, 6) is 0.706. The van der Waals surface area contributed by atoms with Crippen LogP contribution in [0.2, 0.25) is 0 Å². The van der Waals surface area contributed by atoms with Gasteiger partial charge in [0, 0.05) is 58.7 Å². The second-order valence-corrected chi connectivity index (χ2v) is 14.7. The maximum absolute atomic E-state index is 5.37. The van der Waals surface area contributed by atoms with Crippen LogP contribution in [0.15, 0.2) is 188 Å². The lowest BCUT2D eigenvalue weighted by Crippen LogP contribution is -1.98. The van der Waals surface area contributed by atoms with Crippen molar-refractivity contribution in [2.24, 2.45) is 0 Å². The fourth-order valence-electron chi connectivity index (χ4n) is 8.17. The Balaban J connectivity index is 1.32. The van der Waals surface area contributed by atoms with E-state index in [2.05, 4.69) is 180 Å². The highest BCUT2D eigenvalue weighted by molar-refractivity contribution is 7.27. The van der Waals surface area contributed by atoms with Gasteiger partial charge in [-0.3, -0.25) is 0 Å². The van der Waals surface area contributed by atoms with Crippen molar-refractivity contribution in [2.75, 3.05) is 0 Å². The van der Waals surface area contributed by atoms with Crippen LogP contribution in [-0.4, -0.2) is 14.5 Å². The third kappa shape index (κ3) is 4.81. The van der Waals surface area contributed by atoms with Gasteiger partial charge in [-0.1, -0.05) is 158 Å². The molecule has 11 aromatic rings. The van der Waals surface area contributed by atoms with E-state index in [0.717, 1.165) is 44.7 Å². The Labute approximate surface area is 316 Å². The summed E-state index contributed by atoms with van der Waals surface area (Å²) in [6.45, 7) is 0. The minimum Gasteiger partial charge on any atom is -0.309 e. The molecule has 252 valence electrons. The van der Waals surface area contributed by atoms with Crippen molar-refractivity contribution in [1.82, 2.24) is 14.5 Å². The molecule has 0 aliphatic carbocycles. The zero-order valence-electron chi connectivity index (χ0n) is 29.1. The predicted octanol–water partition coefficient (Wildman–Crippen LogP) is 13.8. The number of aromatic nitrogens is 3. The zero-order valence-corrected chi connectivity index (χ0v) is 30.0. The van der Waals surface area contributed by atoms with Crippen molar-refractivity contribution in [3.8, 4) is 50.7 Å². The van der Waals surface area contributed by atoms with Gasteiger partial charge in [-0.2, -0.15) is 0 Å². The van der Waals surface area contributed by atoms with Gasteiger partial charge >= 0.3 is 0 Å². The molecule has 0 radical (unpaired) electrons. The monoisotopic (exact) mass is 705 g/mol. The van der Waals surface area contributed by atoms with Gasteiger partial charge in [-0.05, 0) is 46.8 Å². The normalized spacial score (nSPS) is 11.7. The first-order chi connectivity index (χ1) is 26.8. The Kier molecular flexibility index (Phi) is 7.04. The quantitative estimate of drug-likeness (QED) is 0.178. The second kappa shape index (κ2) is 12.4. The molecule has 0 bridgehead atoms. The molecule has 11 rings (SSSR count). The Morgan fingerprint density at radius 1 is 0.370 bits per heavy atom. The van der Waals surface area contributed by atoms with E-state index in [0.29, 0.717) is 5.82 Å². The first kappa shape index (κ1) is 30.7. The van der Waals surface area contributed by atoms with Gasteiger partial charge in [0.2, 0.25) is 0 Å². The van der Waals surface area contributed by atoms with Gasteiger partial charge in [0.15, 0.2) is 5.82 Å². The number of benzene rings is 8. The molecule has 0 aliphatic heterocycles. The molecule has 3 aromatic heterocycles. The molecule has 0 fully saturated rings. The van der Waals surface area contributed by atoms with Crippen molar-refractivity contribution in [3.63, 3.8) is 0 Å². The van der Waals surface area contributed by atoms with Crippen LogP contribution >= 0.6 is 11.3 Å². The maximum Gasteiger partial charge on any atom is 0.161 e. The number of hydrogen-bond donors (Lipinski definition) is 0. The summed E-state index contributed by atoms with van der Waals surface area (Å²) in [5, 5.41) is 7.39. The molecule has 0 atom stereocenters. The van der Waals surface area contributed by atoms with Gasteiger partial charge < -0.3 is 4.57 Å². The highest BCUT2D eigenvalue weighted by atomic mass is 32.1. The molecule has 3 nitrogen and oxygen atoms in total. The molecule has 0 spiro atoms. The zero-order chi connectivity index (χ0) is 35.6. The molecule has 3 heterocycles. The molecular formula is C50H31N3S. The van der Waals surface area contributed by atoms with Gasteiger partial charge in [0.05, 0.1) is 22.4 Å². The lowest BCUT2D eigenvalue weighted by atomic mass is 9.95. The maximum atomic E-state index is 5.37. The Bertz CT molecular complexity index is 3130. The van der Waals surface area contributed by atoms with Crippen LogP contribution in [0.25, 0.3) is 103 Å². The fourth-order valence-corrected chi connectivity index (χ4v) is 9.56. The number of para-hydroxylation sites is 2. The van der Waals surface area contributed by atoms with E-state index in [4.69, 9.17) is 9.97 Å². The Morgan fingerprint density at radius 2 is 0.926 bits per heavy atom. The first-order valence-corrected chi connectivity index (χ1v) is 19.1. The van der Waals surface area contributed by atoms with E-state index in [1.165, 1.54) is 53.0 Å². The first-order valence-electron chi connectivity index (χ1n) is 18.3. The third-order valence-corrected chi connectivity index (χ3v) is 11.9. The summed E-state index contributed by atoms with van der Waals surface area (Å²) < 4.78 is 4.98. The van der Waals surface area contributed by atoms with Gasteiger partial charge in [-0.15, -0.1) is 11.3 Å². The summed E-state index contributed by atoms with van der Waals surface area (Å²) in [5.41, 5.74) is 10.8. The Morgan fingerprint density at radius 3 is 1.61 bits per heavy atom. The summed E-state index contributed by atoms with van der Waals surface area (Å²) in [4.78, 5) is 10.7. The van der Waals surface area contributed by atoms with E-state index < -0.39 is 0 Å². The number of thiophene rings is 1. The van der Waals surface area contributed by atoms with Crippen LogP contribution in [0.3, 0.4) is 0 Å². The number of rotatable bonds is 5. The lowest BCUT2D eigenvalue weighted by molar-refractivity contribution is 1.17. The van der Waals surface area contributed by atoms with E-state index in [1.54, 1.807) is 0 Å². The molecule has 0 aliphatic rings. The molecule has 8 aromatic carbocycles. The average Bonchev–Trinajstić information content (AvgIpc) is 3.80. The molecule has 0 unspecified atom stereocenters. The fraction of sp³-hybridized carbons (Fsp3) is 0. The van der Waals surface area contributed by atoms with Crippen molar-refractivity contribution in [2.45, 2.75) is 0 Å². The van der Waals surface area contributed by atoms with Crippen LogP contribution < -0.4 is 0 Å². The Hall–Kier alpha value is -6.88. The molecule has 0 saturated heterocycles. The van der Waals surface area contributed by atoms with Crippen LogP contribution in [0.1, 0.15) is 0 Å². The highest BCUT2D eigenvalue weighted by Crippen LogP contribution is 2.49. The minimum absolute atomic E-state index is 0.706. The van der Waals surface area contributed by atoms with Gasteiger partial charge in [0.1, 0.15) is 0 Å². The standard InChI is InChI=1S/C50H31N3S/c1-5-16-32(17-6-1)36-25-15-26-38-39-29-28-37-41(50-51-42(33-18-7-2-8-19-33)31-43(52-50)34-20-9-3-10-21-34)30-45-46(47(37)49(39)54-48(36)38)40-24-13-14-27-44(40)53(45)35-22-11-4-12-23-35/h1-31H. The smallest absolute Gasteiger partial charge is 0.161 e. The van der Waals surface area contributed by atoms with Crippen LogP contribution in [0, 0.1) is 0 Å². The summed E-state index contributed by atoms with van der Waals surface area (Å²) >= 11 is 1.89. The SMILES string of the molecule is c1ccc(-c2cc(-c3ccccc3)nc(-c3cc4c(c5ccccc5n4-c4ccccc4)c4c3ccc3c5cccc(-c6ccccc6)c5sc34)n2)cc1. The number of hydrogen-bond acceptors (Lipinski definition) is 3. The third-order valence-electron chi connectivity index (χ3n) is 10.6. The molecule has 54 heavy (non-hydrogen) atoms. The van der Waals surface area contributed by atoms with E-state index in [1.807, 2.05) is 23.5 Å². The lowest BCUT2D eigenvalue weighted by Gasteiger charge is -2.14. The summed E-state index contributed by atoms with van der Waals surface area (Å²) in [6, 6.07) is 67.0. The van der Waals surface area contributed by atoms with E-state index in [-0.39, 0.29) is 0 Å². The molecular weight excluding hydrogens is 675 g/mol.